The molecule has 4 heteroatoms. The van der Waals surface area contributed by atoms with E-state index < -0.39 is 10.7 Å². The number of thiol groups is 1. The van der Waals surface area contributed by atoms with Crippen molar-refractivity contribution in [3.05, 3.63) is 23.8 Å². The maximum Gasteiger partial charge on any atom is 0.168 e. The van der Waals surface area contributed by atoms with Gasteiger partial charge < -0.3 is 5.73 Å². The summed E-state index contributed by atoms with van der Waals surface area (Å²) >= 11 is 0. The summed E-state index contributed by atoms with van der Waals surface area (Å²) in [7, 11) is -2.49. The minimum atomic E-state index is -2.49. The van der Waals surface area contributed by atoms with E-state index in [0.29, 0.717) is 10.6 Å². The molecule has 0 unspecified atom stereocenters. The minimum absolute atomic E-state index is 0.348. The Labute approximate surface area is 85.9 Å². The van der Waals surface area contributed by atoms with Gasteiger partial charge in [0, 0.05) is 5.69 Å². The number of rotatable bonds is 4. The highest BCUT2D eigenvalue weighted by atomic mass is 32.2. The molecule has 1 aromatic carbocycles. The van der Waals surface area contributed by atoms with Crippen molar-refractivity contribution in [2.75, 3.05) is 5.73 Å². The molecule has 0 bridgehead atoms. The average Bonchev–Trinajstić information content (AvgIpc) is 2.16. The summed E-state index contributed by atoms with van der Waals surface area (Å²) in [5, 5.41) is 0. The third-order valence-electron chi connectivity index (χ3n) is 2.14. The van der Waals surface area contributed by atoms with Crippen molar-refractivity contribution in [1.29, 1.82) is 0 Å². The zero-order valence-corrected chi connectivity index (χ0v) is 9.09. The molecule has 2 N–H and O–H groups in total. The minimum Gasteiger partial charge on any atom is -0.399 e. The van der Waals surface area contributed by atoms with Crippen molar-refractivity contribution in [1.82, 2.24) is 0 Å². The lowest BCUT2D eigenvalue weighted by Crippen LogP contribution is -1.95. The van der Waals surface area contributed by atoms with E-state index in [0.717, 1.165) is 24.8 Å². The number of hydrogen-bond acceptors (Lipinski definition) is 3. The van der Waals surface area contributed by atoms with E-state index in [2.05, 4.69) is 6.92 Å². The van der Waals surface area contributed by atoms with Gasteiger partial charge >= 0.3 is 0 Å². The van der Waals surface area contributed by atoms with Crippen molar-refractivity contribution in [2.45, 2.75) is 31.1 Å². The van der Waals surface area contributed by atoms with Crippen LogP contribution in [-0.2, 0) is 17.1 Å². The van der Waals surface area contributed by atoms with Gasteiger partial charge in [-0.1, -0.05) is 13.3 Å². The van der Waals surface area contributed by atoms with Crippen LogP contribution < -0.4 is 5.73 Å². The SMILES string of the molecule is CCCCc1cc([SH](=O)=O)ccc1N. The largest absolute Gasteiger partial charge is 0.399 e. The first kappa shape index (κ1) is 11.0. The second kappa shape index (κ2) is 5.00. The Morgan fingerprint density at radius 3 is 2.64 bits per heavy atom. The number of nitrogens with two attached hydrogens (primary N) is 1. The summed E-state index contributed by atoms with van der Waals surface area (Å²) in [6.07, 6.45) is 2.95. The van der Waals surface area contributed by atoms with E-state index in [1.807, 2.05) is 0 Å². The normalized spacial score (nSPS) is 10.7. The Kier molecular flexibility index (Phi) is 3.95. The smallest absolute Gasteiger partial charge is 0.168 e. The zero-order chi connectivity index (χ0) is 10.6. The third-order valence-corrected chi connectivity index (χ3v) is 2.84. The number of anilines is 1. The van der Waals surface area contributed by atoms with Crippen molar-refractivity contribution in [3.63, 3.8) is 0 Å². The molecule has 0 saturated carbocycles. The van der Waals surface area contributed by atoms with E-state index in [-0.39, 0.29) is 0 Å². The van der Waals surface area contributed by atoms with Gasteiger partial charge in [0.05, 0.1) is 4.90 Å². The van der Waals surface area contributed by atoms with Crippen LogP contribution in [0.25, 0.3) is 0 Å². The fraction of sp³-hybridized carbons (Fsp3) is 0.400. The fourth-order valence-corrected chi connectivity index (χ4v) is 1.75. The molecule has 3 nitrogen and oxygen atoms in total. The van der Waals surface area contributed by atoms with Crippen LogP contribution in [0.15, 0.2) is 23.1 Å². The molecule has 0 aromatic heterocycles. The summed E-state index contributed by atoms with van der Waals surface area (Å²) in [5.41, 5.74) is 7.35. The topological polar surface area (TPSA) is 60.2 Å². The molecular formula is C10H15NO2S. The molecule has 1 rings (SSSR count). The Bertz CT molecular complexity index is 378. The second-order valence-electron chi connectivity index (χ2n) is 3.24. The third kappa shape index (κ3) is 2.73. The lowest BCUT2D eigenvalue weighted by molar-refractivity contribution is 0.614. The van der Waals surface area contributed by atoms with E-state index in [9.17, 15) is 8.42 Å². The number of nitrogen functional groups attached to an aromatic ring is 1. The molecule has 0 aliphatic carbocycles. The van der Waals surface area contributed by atoms with Gasteiger partial charge in [-0.2, -0.15) is 0 Å². The van der Waals surface area contributed by atoms with Crippen LogP contribution in [-0.4, -0.2) is 8.42 Å². The van der Waals surface area contributed by atoms with Crippen molar-refractivity contribution >= 4 is 16.4 Å². The van der Waals surface area contributed by atoms with E-state index in [1.165, 1.54) is 6.07 Å². The van der Waals surface area contributed by atoms with E-state index >= 15 is 0 Å². The van der Waals surface area contributed by atoms with Gasteiger partial charge in [-0.15, -0.1) is 0 Å². The van der Waals surface area contributed by atoms with Crippen LogP contribution >= 0.6 is 0 Å². The van der Waals surface area contributed by atoms with Crippen LogP contribution in [0, 0.1) is 0 Å². The summed E-state index contributed by atoms with van der Waals surface area (Å²) in [4.78, 5) is 0.348. The zero-order valence-electron chi connectivity index (χ0n) is 8.19. The van der Waals surface area contributed by atoms with Crippen LogP contribution in [0.2, 0.25) is 0 Å². The highest BCUT2D eigenvalue weighted by Gasteiger charge is 2.02. The van der Waals surface area contributed by atoms with Crippen LogP contribution in [0.1, 0.15) is 25.3 Å². The molecule has 0 saturated heterocycles. The maximum absolute atomic E-state index is 10.7. The van der Waals surface area contributed by atoms with Crippen LogP contribution in [0.5, 0.6) is 0 Å². The monoisotopic (exact) mass is 213 g/mol. The second-order valence-corrected chi connectivity index (χ2v) is 4.27. The first-order chi connectivity index (χ1) is 6.65. The van der Waals surface area contributed by atoms with E-state index in [4.69, 9.17) is 5.73 Å². The lowest BCUT2D eigenvalue weighted by atomic mass is 10.1. The Morgan fingerprint density at radius 1 is 1.36 bits per heavy atom. The molecule has 0 fully saturated rings. The number of unbranched alkanes of at least 4 members (excludes halogenated alkanes) is 1. The summed E-state index contributed by atoms with van der Waals surface area (Å²) in [6.45, 7) is 2.09. The fourth-order valence-electron chi connectivity index (χ4n) is 1.29. The van der Waals surface area contributed by atoms with Gasteiger partial charge in [-0.3, -0.25) is 0 Å². The maximum atomic E-state index is 10.7. The quantitative estimate of drug-likeness (QED) is 0.589. The lowest BCUT2D eigenvalue weighted by Gasteiger charge is -2.04. The molecule has 14 heavy (non-hydrogen) atoms. The highest BCUT2D eigenvalue weighted by Crippen LogP contribution is 2.17. The first-order valence-corrected chi connectivity index (χ1v) is 5.85. The first-order valence-electron chi connectivity index (χ1n) is 4.68. The molecule has 0 radical (unpaired) electrons. The molecular weight excluding hydrogens is 198 g/mol. The molecule has 0 amide bonds. The van der Waals surface area contributed by atoms with Gasteiger partial charge in [0.1, 0.15) is 0 Å². The summed E-state index contributed by atoms with van der Waals surface area (Å²) in [5.74, 6) is 0. The predicted octanol–water partition coefficient (Wildman–Crippen LogP) is 1.58. The highest BCUT2D eigenvalue weighted by molar-refractivity contribution is 7.72. The van der Waals surface area contributed by atoms with Crippen molar-refractivity contribution < 1.29 is 8.42 Å². The predicted molar refractivity (Wildman–Crippen MR) is 58.0 cm³/mol. The van der Waals surface area contributed by atoms with Gasteiger partial charge in [-0.25, -0.2) is 8.42 Å². The molecule has 1 aromatic rings. The molecule has 0 spiro atoms. The van der Waals surface area contributed by atoms with Gasteiger partial charge in [0.15, 0.2) is 10.7 Å². The molecule has 0 atom stereocenters. The van der Waals surface area contributed by atoms with E-state index in [1.54, 1.807) is 12.1 Å². The van der Waals surface area contributed by atoms with Crippen LogP contribution in [0.3, 0.4) is 0 Å². The number of benzene rings is 1. The molecule has 78 valence electrons. The molecule has 0 heterocycles. The Balaban J connectivity index is 2.96. The van der Waals surface area contributed by atoms with Gasteiger partial charge in [0.2, 0.25) is 0 Å². The Hall–Kier alpha value is -1.03. The van der Waals surface area contributed by atoms with Crippen molar-refractivity contribution in [3.8, 4) is 0 Å². The summed E-state index contributed by atoms with van der Waals surface area (Å²) in [6, 6.07) is 4.86. The van der Waals surface area contributed by atoms with Crippen molar-refractivity contribution in [2.24, 2.45) is 0 Å². The van der Waals surface area contributed by atoms with Gasteiger partial charge in [-0.05, 0) is 36.6 Å². The standard InChI is InChI=1S/C10H15NO2S/c1-2-3-4-8-7-9(14(12)13)5-6-10(8)11/h5-7,14H,2-4,11H2,1H3. The van der Waals surface area contributed by atoms with Crippen LogP contribution in [0.4, 0.5) is 5.69 Å². The number of aryl methyl sites for hydroxylation is 1. The molecule has 0 aliphatic heterocycles. The summed E-state index contributed by atoms with van der Waals surface area (Å²) < 4.78 is 21.5. The van der Waals surface area contributed by atoms with Gasteiger partial charge in [0.25, 0.3) is 0 Å². The number of hydrogen-bond donors (Lipinski definition) is 2. The Morgan fingerprint density at radius 2 is 2.07 bits per heavy atom. The average molecular weight is 213 g/mol. The molecule has 0 aliphatic rings.